The van der Waals surface area contributed by atoms with Crippen molar-refractivity contribution >= 4 is 27.5 Å². The number of hydrogen-bond donors (Lipinski definition) is 2. The van der Waals surface area contributed by atoms with Crippen LogP contribution in [0.25, 0.3) is 0 Å². The minimum atomic E-state index is -3.65. The van der Waals surface area contributed by atoms with Gasteiger partial charge in [-0.05, 0) is 50.3 Å². The van der Waals surface area contributed by atoms with Gasteiger partial charge in [-0.3, -0.25) is 4.79 Å². The van der Waals surface area contributed by atoms with E-state index in [-0.39, 0.29) is 15.8 Å². The van der Waals surface area contributed by atoms with Crippen molar-refractivity contribution in [2.45, 2.75) is 43.4 Å². The minimum Gasteiger partial charge on any atom is -0.352 e. The molecule has 0 aliphatic carbocycles. The van der Waals surface area contributed by atoms with Gasteiger partial charge in [-0.15, -0.1) is 0 Å². The molecule has 1 amide bonds. The lowest BCUT2D eigenvalue weighted by Crippen LogP contribution is -3.12. The summed E-state index contributed by atoms with van der Waals surface area (Å²) in [6.45, 7) is 5.13. The number of amides is 1. The normalized spacial score (nSPS) is 19.3. The number of likely N-dealkylation sites (tertiary alicyclic amines) is 1. The molecule has 2 saturated heterocycles. The molecule has 0 spiro atoms. The molecule has 0 saturated carbocycles. The van der Waals surface area contributed by atoms with Crippen LogP contribution in [-0.4, -0.2) is 57.9 Å². The molecule has 0 bridgehead atoms. The van der Waals surface area contributed by atoms with E-state index in [4.69, 9.17) is 11.6 Å². The summed E-state index contributed by atoms with van der Waals surface area (Å²) in [7, 11) is -3.65. The summed E-state index contributed by atoms with van der Waals surface area (Å²) < 4.78 is 27.0. The third-order valence-corrected chi connectivity index (χ3v) is 7.81. The lowest BCUT2D eigenvalue weighted by Gasteiger charge is -2.23. The van der Waals surface area contributed by atoms with Crippen LogP contribution in [0.3, 0.4) is 0 Å². The quantitative estimate of drug-likeness (QED) is 0.661. The molecule has 0 aromatic heterocycles. The Bertz CT molecular complexity index is 757. The Hall–Kier alpha value is -1.15. The zero-order valence-corrected chi connectivity index (χ0v) is 17.2. The summed E-state index contributed by atoms with van der Waals surface area (Å²) in [5, 5.41) is 3.06. The number of carbonyl (C=O) groups excluding carboxylic acids is 1. The number of quaternary nitrogens is 1. The predicted octanol–water partition coefficient (Wildman–Crippen LogP) is 1.31. The second kappa shape index (κ2) is 9.37. The molecule has 6 nitrogen and oxygen atoms in total. The zero-order chi connectivity index (χ0) is 19.3. The summed E-state index contributed by atoms with van der Waals surface area (Å²) >= 11 is 6.14. The number of piperidine rings is 1. The molecule has 0 radical (unpaired) electrons. The van der Waals surface area contributed by atoms with Gasteiger partial charge in [0.05, 0.1) is 24.7 Å². The summed E-state index contributed by atoms with van der Waals surface area (Å²) in [6, 6.07) is 4.48. The van der Waals surface area contributed by atoms with E-state index >= 15 is 0 Å². The van der Waals surface area contributed by atoms with Crippen LogP contribution < -0.4 is 10.2 Å². The summed E-state index contributed by atoms with van der Waals surface area (Å²) in [4.78, 5) is 14.1. The van der Waals surface area contributed by atoms with Gasteiger partial charge in [-0.2, -0.15) is 4.31 Å². The number of rotatable bonds is 7. The monoisotopic (exact) mass is 414 g/mol. The number of carbonyl (C=O) groups is 1. The fourth-order valence-electron chi connectivity index (χ4n) is 3.85. The molecule has 1 aromatic rings. The van der Waals surface area contributed by atoms with Crippen LogP contribution in [0.4, 0.5) is 0 Å². The van der Waals surface area contributed by atoms with E-state index in [2.05, 4.69) is 5.32 Å². The maximum atomic E-state index is 12.8. The molecule has 27 heavy (non-hydrogen) atoms. The molecular formula is C19H29ClN3O3S+. The highest BCUT2D eigenvalue weighted by molar-refractivity contribution is 7.89. The third-order valence-electron chi connectivity index (χ3n) is 5.43. The zero-order valence-electron chi connectivity index (χ0n) is 15.7. The van der Waals surface area contributed by atoms with Crippen LogP contribution in [0, 0.1) is 0 Å². The topological polar surface area (TPSA) is 70.9 Å². The van der Waals surface area contributed by atoms with Gasteiger partial charge in [0.2, 0.25) is 10.0 Å². The van der Waals surface area contributed by atoms with Crippen LogP contribution in [0.2, 0.25) is 5.02 Å². The van der Waals surface area contributed by atoms with Gasteiger partial charge in [-0.25, -0.2) is 8.42 Å². The smallest absolute Gasteiger partial charge is 0.251 e. The summed E-state index contributed by atoms with van der Waals surface area (Å²) in [6.07, 6.45) is 6.56. The lowest BCUT2D eigenvalue weighted by atomic mass is 10.1. The molecule has 2 aliphatic heterocycles. The maximum Gasteiger partial charge on any atom is 0.251 e. The minimum absolute atomic E-state index is 0.0245. The highest BCUT2D eigenvalue weighted by Gasteiger charge is 2.29. The fourth-order valence-corrected chi connectivity index (χ4v) is 5.87. The Balaban J connectivity index is 1.58. The number of hydrogen-bond acceptors (Lipinski definition) is 3. The van der Waals surface area contributed by atoms with Crippen LogP contribution in [0.5, 0.6) is 0 Å². The highest BCUT2D eigenvalue weighted by atomic mass is 35.5. The van der Waals surface area contributed by atoms with Crippen molar-refractivity contribution in [2.75, 3.05) is 39.3 Å². The highest BCUT2D eigenvalue weighted by Crippen LogP contribution is 2.28. The Morgan fingerprint density at radius 1 is 1.11 bits per heavy atom. The standard InChI is InChI=1S/C19H28ClN3O3S/c20-17-8-7-16(15-18(17)27(25,26)23-13-4-5-14-23)19(24)21-9-6-12-22-10-2-1-3-11-22/h7-8,15H,1-6,9-14H2,(H,21,24)/p+1. The average molecular weight is 415 g/mol. The van der Waals surface area contributed by atoms with Crippen LogP contribution >= 0.6 is 11.6 Å². The van der Waals surface area contributed by atoms with Crippen LogP contribution in [-0.2, 0) is 10.0 Å². The number of nitrogens with one attached hydrogen (secondary N) is 2. The number of halogens is 1. The van der Waals surface area contributed by atoms with Gasteiger partial charge in [0.1, 0.15) is 4.90 Å². The summed E-state index contributed by atoms with van der Waals surface area (Å²) in [5.41, 5.74) is 0.336. The fraction of sp³-hybridized carbons (Fsp3) is 0.632. The first-order chi connectivity index (χ1) is 13.0. The molecule has 2 heterocycles. The van der Waals surface area contributed by atoms with Gasteiger partial charge in [0.15, 0.2) is 0 Å². The molecule has 0 atom stereocenters. The van der Waals surface area contributed by atoms with Crippen molar-refractivity contribution in [3.05, 3.63) is 28.8 Å². The molecule has 0 unspecified atom stereocenters. The maximum absolute atomic E-state index is 12.8. The molecular weight excluding hydrogens is 386 g/mol. The van der Waals surface area contributed by atoms with Crippen molar-refractivity contribution in [1.29, 1.82) is 0 Å². The first-order valence-corrected chi connectivity index (χ1v) is 11.7. The predicted molar refractivity (Wildman–Crippen MR) is 106 cm³/mol. The Morgan fingerprint density at radius 3 is 2.52 bits per heavy atom. The summed E-state index contributed by atoms with van der Waals surface area (Å²) in [5.74, 6) is -0.252. The van der Waals surface area contributed by atoms with Crippen molar-refractivity contribution < 1.29 is 18.1 Å². The van der Waals surface area contributed by atoms with E-state index in [1.165, 1.54) is 48.8 Å². The number of benzene rings is 1. The van der Waals surface area contributed by atoms with Crippen LogP contribution in [0.1, 0.15) is 48.9 Å². The van der Waals surface area contributed by atoms with E-state index in [9.17, 15) is 13.2 Å². The van der Waals surface area contributed by atoms with Gasteiger partial charge >= 0.3 is 0 Å². The van der Waals surface area contributed by atoms with Gasteiger partial charge < -0.3 is 10.2 Å². The van der Waals surface area contributed by atoms with Crippen molar-refractivity contribution in [2.24, 2.45) is 0 Å². The van der Waals surface area contributed by atoms with Crippen molar-refractivity contribution in [1.82, 2.24) is 9.62 Å². The van der Waals surface area contributed by atoms with Gasteiger partial charge in [-0.1, -0.05) is 11.6 Å². The second-order valence-electron chi connectivity index (χ2n) is 7.43. The van der Waals surface area contributed by atoms with E-state index in [0.717, 1.165) is 25.8 Å². The molecule has 150 valence electrons. The lowest BCUT2D eigenvalue weighted by molar-refractivity contribution is -0.904. The first-order valence-electron chi connectivity index (χ1n) is 9.90. The molecule has 1 aromatic carbocycles. The van der Waals surface area contributed by atoms with Crippen LogP contribution in [0.15, 0.2) is 23.1 Å². The Labute approximate surface area is 166 Å². The first kappa shape index (κ1) is 20.6. The third kappa shape index (κ3) is 5.22. The van der Waals surface area contributed by atoms with Crippen molar-refractivity contribution in [3.63, 3.8) is 0 Å². The van der Waals surface area contributed by atoms with E-state index in [0.29, 0.717) is 25.2 Å². The van der Waals surface area contributed by atoms with E-state index in [1.807, 2.05) is 0 Å². The molecule has 8 heteroatoms. The number of sulfonamides is 1. The van der Waals surface area contributed by atoms with E-state index < -0.39 is 10.0 Å². The second-order valence-corrected chi connectivity index (χ2v) is 9.74. The van der Waals surface area contributed by atoms with Crippen molar-refractivity contribution in [3.8, 4) is 0 Å². The van der Waals surface area contributed by atoms with E-state index in [1.54, 1.807) is 11.0 Å². The average Bonchev–Trinajstić information content (AvgIpc) is 3.22. The largest absolute Gasteiger partial charge is 0.352 e. The molecule has 2 fully saturated rings. The molecule has 2 aliphatic rings. The Morgan fingerprint density at radius 2 is 1.81 bits per heavy atom. The Kier molecular flexibility index (Phi) is 7.14. The SMILES string of the molecule is O=C(NCCC[NH+]1CCCCC1)c1ccc(Cl)c(S(=O)(=O)N2CCCC2)c1. The van der Waals surface area contributed by atoms with Gasteiger partial charge in [0.25, 0.3) is 5.91 Å². The number of nitrogens with zero attached hydrogens (tertiary/aromatic N) is 1. The molecule has 2 N–H and O–H groups in total. The van der Waals surface area contributed by atoms with Gasteiger partial charge in [0, 0.05) is 31.6 Å². The molecule has 3 rings (SSSR count).